The summed E-state index contributed by atoms with van der Waals surface area (Å²) in [6, 6.07) is 2.46. The highest BCUT2D eigenvalue weighted by Gasteiger charge is 2.51. The minimum atomic E-state index is -1.59. The molecule has 6 rings (SSSR count). The number of halogens is 4. The average Bonchev–Trinajstić information content (AvgIpc) is 3.36. The zero-order valence-electron chi connectivity index (χ0n) is 21.1. The number of thioether (sulfide) groups is 1. The number of aliphatic hydroxyl groups is 2. The van der Waals surface area contributed by atoms with Crippen molar-refractivity contribution in [2.75, 3.05) is 44.9 Å². The predicted octanol–water partition coefficient (Wildman–Crippen LogP) is 2.67. The fourth-order valence-electron chi connectivity index (χ4n) is 5.32. The first kappa shape index (κ1) is 27.7. The summed E-state index contributed by atoms with van der Waals surface area (Å²) in [6.07, 6.45) is -0.195. The molecule has 1 aromatic carbocycles. The maximum atomic E-state index is 13.8. The molecular weight excluding hydrogens is 575 g/mol. The Balaban J connectivity index is 1.29. The minimum Gasteiger partial charge on any atom is -0.394 e. The summed E-state index contributed by atoms with van der Waals surface area (Å²) in [5.41, 5.74) is -0.603. The molecule has 3 saturated heterocycles. The topological polar surface area (TPSA) is 115 Å². The van der Waals surface area contributed by atoms with Gasteiger partial charge in [0.05, 0.1) is 41.4 Å². The zero-order valence-corrected chi connectivity index (χ0v) is 22.7. The molecular formula is C25H25ClF3N5O5S. The average molecular weight is 600 g/mol. The molecule has 3 aromatic rings. The largest absolute Gasteiger partial charge is 0.394 e. The molecule has 0 radical (unpaired) electrons. The van der Waals surface area contributed by atoms with E-state index in [1.165, 1.54) is 29.8 Å². The summed E-state index contributed by atoms with van der Waals surface area (Å²) < 4.78 is 59.6. The molecule has 2 unspecified atom stereocenters. The Labute approximate surface area is 236 Å². The van der Waals surface area contributed by atoms with E-state index >= 15 is 0 Å². The van der Waals surface area contributed by atoms with Crippen LogP contribution in [0.1, 0.15) is 6.04 Å². The van der Waals surface area contributed by atoms with Crippen molar-refractivity contribution in [1.82, 2.24) is 20.0 Å². The molecule has 10 nitrogen and oxygen atoms in total. The minimum absolute atomic E-state index is 0.0402. The molecule has 0 bridgehead atoms. The first-order chi connectivity index (χ1) is 19.2. The Bertz CT molecular complexity index is 1380. The van der Waals surface area contributed by atoms with Gasteiger partial charge in [0.25, 0.3) is 0 Å². The number of aromatic nitrogens is 4. The van der Waals surface area contributed by atoms with Crippen molar-refractivity contribution in [3.63, 3.8) is 0 Å². The molecule has 214 valence electrons. The van der Waals surface area contributed by atoms with Crippen LogP contribution in [0.3, 0.4) is 0 Å². The summed E-state index contributed by atoms with van der Waals surface area (Å²) in [6.45, 7) is 2.51. The maximum Gasteiger partial charge on any atom is 0.194 e. The molecule has 5 atom stereocenters. The summed E-state index contributed by atoms with van der Waals surface area (Å²) >= 11 is 7.57. The number of nitrogens with zero attached hydrogens (tertiary/aromatic N) is 5. The smallest absolute Gasteiger partial charge is 0.194 e. The van der Waals surface area contributed by atoms with E-state index in [9.17, 15) is 23.4 Å². The van der Waals surface area contributed by atoms with Gasteiger partial charge >= 0.3 is 0 Å². The molecule has 3 aliphatic rings. The highest BCUT2D eigenvalue weighted by atomic mass is 35.5. The van der Waals surface area contributed by atoms with Crippen molar-refractivity contribution in [1.29, 1.82) is 0 Å². The van der Waals surface area contributed by atoms with Gasteiger partial charge in [0, 0.05) is 32.0 Å². The highest BCUT2D eigenvalue weighted by molar-refractivity contribution is 8.00. The van der Waals surface area contributed by atoms with E-state index in [0.717, 1.165) is 35.9 Å². The molecule has 3 fully saturated rings. The van der Waals surface area contributed by atoms with Gasteiger partial charge in [0.1, 0.15) is 41.3 Å². The number of aliphatic hydroxyl groups excluding tert-OH is 2. The van der Waals surface area contributed by atoms with E-state index in [1.807, 2.05) is 0 Å². The molecule has 3 aliphatic heterocycles. The summed E-state index contributed by atoms with van der Waals surface area (Å²) in [5, 5.41) is 29.6. The number of anilines is 1. The van der Waals surface area contributed by atoms with E-state index in [-0.39, 0.29) is 16.7 Å². The van der Waals surface area contributed by atoms with Crippen molar-refractivity contribution < 1.29 is 37.6 Å². The second-order valence-electron chi connectivity index (χ2n) is 10.2. The lowest BCUT2D eigenvalue weighted by atomic mass is 9.78. The molecule has 0 aliphatic carbocycles. The summed E-state index contributed by atoms with van der Waals surface area (Å²) in [7, 11) is 1.44. The van der Waals surface area contributed by atoms with E-state index < -0.39 is 53.8 Å². The second kappa shape index (κ2) is 10.7. The van der Waals surface area contributed by atoms with Crippen molar-refractivity contribution in [3.05, 3.63) is 53.1 Å². The first-order valence-electron chi connectivity index (χ1n) is 12.4. The standard InChI is InChI=1S/C25H25ClF3N5O5S/c1-37-22-20(34-6-16(31-32-34)12-2-14(27)19(29)15(28)3-12)21(36)17(7-35)39-24(22)40-18-4-13(26)5-30-23(18)33-8-25(9-33)10-38-11-25/h2-6,17,20-22,24,35-36H,7-11H2,1H3/t17?,20-,21-,22?,24+/m0/s1. The maximum absolute atomic E-state index is 13.8. The van der Waals surface area contributed by atoms with E-state index in [0.29, 0.717) is 18.2 Å². The van der Waals surface area contributed by atoms with Crippen LogP contribution in [0.15, 0.2) is 35.5 Å². The number of pyridine rings is 1. The molecule has 5 heterocycles. The van der Waals surface area contributed by atoms with Crippen LogP contribution in [-0.4, -0.2) is 94.0 Å². The SMILES string of the molecule is COC1[C@@H](Sc2cc(Cl)cnc2N2CC3(COC3)C2)OC(CO)[C@H](O)[C@@H]1n1cc(-c2cc(F)c(F)c(F)c2)nn1. The van der Waals surface area contributed by atoms with Crippen LogP contribution >= 0.6 is 23.4 Å². The van der Waals surface area contributed by atoms with Crippen molar-refractivity contribution in [3.8, 4) is 11.3 Å². The first-order valence-corrected chi connectivity index (χ1v) is 13.7. The summed E-state index contributed by atoms with van der Waals surface area (Å²) in [5.74, 6) is -3.61. The summed E-state index contributed by atoms with van der Waals surface area (Å²) in [4.78, 5) is 7.40. The van der Waals surface area contributed by atoms with Gasteiger partial charge < -0.3 is 29.3 Å². The van der Waals surface area contributed by atoms with Crippen LogP contribution in [0, 0.1) is 22.9 Å². The Kier molecular flexibility index (Phi) is 7.44. The number of benzene rings is 1. The van der Waals surface area contributed by atoms with E-state index in [2.05, 4.69) is 20.2 Å². The number of hydrogen-bond donors (Lipinski definition) is 2. The van der Waals surface area contributed by atoms with Crippen LogP contribution in [0.4, 0.5) is 19.0 Å². The van der Waals surface area contributed by atoms with Crippen molar-refractivity contribution >= 4 is 29.2 Å². The predicted molar refractivity (Wildman–Crippen MR) is 137 cm³/mol. The van der Waals surface area contributed by atoms with E-state index in [4.69, 9.17) is 25.8 Å². The third-order valence-corrected chi connectivity index (χ3v) is 8.78. The van der Waals surface area contributed by atoms with Gasteiger partial charge in [-0.2, -0.15) is 0 Å². The lowest BCUT2D eigenvalue weighted by molar-refractivity contribution is -0.186. The monoisotopic (exact) mass is 599 g/mol. The molecule has 1 spiro atoms. The Morgan fingerprint density at radius 1 is 1.20 bits per heavy atom. The number of hydrogen-bond acceptors (Lipinski definition) is 10. The van der Waals surface area contributed by atoms with Crippen molar-refractivity contribution in [2.45, 2.75) is 34.7 Å². The third kappa shape index (κ3) is 4.85. The molecule has 40 heavy (non-hydrogen) atoms. The fourth-order valence-corrected chi connectivity index (χ4v) is 6.88. The molecule has 15 heteroatoms. The van der Waals surface area contributed by atoms with Gasteiger partial charge in [-0.05, 0) is 18.2 Å². The van der Waals surface area contributed by atoms with Crippen LogP contribution in [-0.2, 0) is 14.2 Å². The zero-order chi connectivity index (χ0) is 28.2. The lowest BCUT2D eigenvalue weighted by Gasteiger charge is -2.55. The molecule has 2 aromatic heterocycles. The Hall–Kier alpha value is -2.46. The Morgan fingerprint density at radius 3 is 2.55 bits per heavy atom. The Morgan fingerprint density at radius 2 is 1.93 bits per heavy atom. The van der Waals surface area contributed by atoms with E-state index in [1.54, 1.807) is 12.3 Å². The number of rotatable bonds is 7. The van der Waals surface area contributed by atoms with Gasteiger partial charge in [-0.1, -0.05) is 28.6 Å². The number of ether oxygens (including phenoxy) is 3. The molecule has 0 amide bonds. The van der Waals surface area contributed by atoms with Gasteiger partial charge in [0.2, 0.25) is 0 Å². The number of methoxy groups -OCH3 is 1. The van der Waals surface area contributed by atoms with Gasteiger partial charge in [0.15, 0.2) is 17.5 Å². The molecule has 0 saturated carbocycles. The van der Waals surface area contributed by atoms with Gasteiger partial charge in [-0.25, -0.2) is 22.8 Å². The van der Waals surface area contributed by atoms with Crippen LogP contribution in [0.2, 0.25) is 5.02 Å². The van der Waals surface area contributed by atoms with Crippen LogP contribution < -0.4 is 4.90 Å². The third-order valence-electron chi connectivity index (χ3n) is 7.40. The quantitative estimate of drug-likeness (QED) is 0.393. The molecule has 2 N–H and O–H groups in total. The lowest BCUT2D eigenvalue weighted by Crippen LogP contribution is -2.66. The fraction of sp³-hybridized carbons (Fsp3) is 0.480. The normalized spacial score (nSPS) is 27.5. The van der Waals surface area contributed by atoms with Crippen LogP contribution in [0.5, 0.6) is 0 Å². The van der Waals surface area contributed by atoms with Gasteiger partial charge in [-0.15, -0.1) is 5.10 Å². The second-order valence-corrected chi connectivity index (χ2v) is 11.8. The van der Waals surface area contributed by atoms with Gasteiger partial charge in [-0.3, -0.25) is 0 Å². The highest BCUT2D eigenvalue weighted by Crippen LogP contribution is 2.46. The van der Waals surface area contributed by atoms with Crippen molar-refractivity contribution in [2.24, 2.45) is 5.41 Å². The van der Waals surface area contributed by atoms with Crippen LogP contribution in [0.25, 0.3) is 11.3 Å².